The monoisotopic (exact) mass is 391 g/mol. The van der Waals surface area contributed by atoms with Gasteiger partial charge in [-0.3, -0.25) is 0 Å². The quantitative estimate of drug-likeness (QED) is 0.559. The molecule has 2 aromatic carbocycles. The predicted molar refractivity (Wildman–Crippen MR) is 99.3 cm³/mol. The molecule has 0 spiro atoms. The van der Waals surface area contributed by atoms with Crippen LogP contribution < -0.4 is 0 Å². The molecule has 0 aromatic heterocycles. The molecule has 0 N–H and O–H groups in total. The van der Waals surface area contributed by atoms with Crippen LogP contribution in [0.15, 0.2) is 42.0 Å². The minimum Gasteiger partial charge on any atom is -0.0613 e. The van der Waals surface area contributed by atoms with E-state index < -0.39 is 0 Å². The van der Waals surface area contributed by atoms with E-state index in [-0.39, 0.29) is 26.2 Å². The topological polar surface area (TPSA) is 0 Å². The SMILES string of the molecule is Cc1cc(C)cc(-c2cccc3c2C=C(CC2CCCC2)[CH]3)c1.[Zr]. The van der Waals surface area contributed by atoms with Crippen LogP contribution in [0.3, 0.4) is 0 Å². The molecule has 2 aliphatic rings. The molecule has 0 aliphatic heterocycles. The van der Waals surface area contributed by atoms with Gasteiger partial charge in [-0.05, 0) is 48.4 Å². The second kappa shape index (κ2) is 7.53. The van der Waals surface area contributed by atoms with Gasteiger partial charge in [0.05, 0.1) is 0 Å². The smallest absolute Gasteiger partial charge is 0.0164 e. The average molecular weight is 393 g/mol. The molecule has 2 aliphatic carbocycles. The number of rotatable bonds is 3. The second-order valence-corrected chi connectivity index (χ2v) is 7.40. The van der Waals surface area contributed by atoms with E-state index in [2.05, 4.69) is 62.7 Å². The average Bonchev–Trinajstić information content (AvgIpc) is 3.14. The third-order valence-corrected chi connectivity index (χ3v) is 5.34. The van der Waals surface area contributed by atoms with Crippen molar-refractivity contribution < 1.29 is 26.2 Å². The summed E-state index contributed by atoms with van der Waals surface area (Å²) in [5.74, 6) is 0.913. The Morgan fingerprint density at radius 1 is 0.958 bits per heavy atom. The molecule has 24 heavy (non-hydrogen) atoms. The van der Waals surface area contributed by atoms with Crippen molar-refractivity contribution in [2.45, 2.75) is 46.0 Å². The third kappa shape index (κ3) is 3.67. The summed E-state index contributed by atoms with van der Waals surface area (Å²) in [5.41, 5.74) is 9.77. The van der Waals surface area contributed by atoms with Gasteiger partial charge in [0, 0.05) is 32.6 Å². The summed E-state index contributed by atoms with van der Waals surface area (Å²) in [6.45, 7) is 4.38. The van der Waals surface area contributed by atoms with E-state index in [1.807, 2.05) is 0 Å². The van der Waals surface area contributed by atoms with E-state index >= 15 is 0 Å². The van der Waals surface area contributed by atoms with Gasteiger partial charge in [0.15, 0.2) is 0 Å². The summed E-state index contributed by atoms with van der Waals surface area (Å²) < 4.78 is 0. The molecule has 1 radical (unpaired) electrons. The molecule has 0 saturated heterocycles. The molecule has 4 rings (SSSR count). The van der Waals surface area contributed by atoms with Gasteiger partial charge in [-0.1, -0.05) is 84.9 Å². The van der Waals surface area contributed by atoms with Crippen molar-refractivity contribution in [3.8, 4) is 11.1 Å². The van der Waals surface area contributed by atoms with Crippen LogP contribution in [-0.4, -0.2) is 0 Å². The molecule has 0 unspecified atom stereocenters. The maximum atomic E-state index is 2.45. The van der Waals surface area contributed by atoms with Gasteiger partial charge in [-0.15, -0.1) is 0 Å². The summed E-state index contributed by atoms with van der Waals surface area (Å²) >= 11 is 0. The minimum atomic E-state index is 0. The maximum absolute atomic E-state index is 2.45. The molecule has 0 bridgehead atoms. The van der Waals surface area contributed by atoms with E-state index in [4.69, 9.17) is 0 Å². The van der Waals surface area contributed by atoms with Crippen LogP contribution in [0.2, 0.25) is 0 Å². The molecule has 1 heteroatoms. The van der Waals surface area contributed by atoms with Crippen LogP contribution in [0, 0.1) is 26.2 Å². The fourth-order valence-corrected chi connectivity index (χ4v) is 4.34. The van der Waals surface area contributed by atoms with Gasteiger partial charge in [-0.25, -0.2) is 0 Å². The van der Waals surface area contributed by atoms with Crippen LogP contribution in [0.4, 0.5) is 0 Å². The molecule has 0 atom stereocenters. The molecule has 1 saturated carbocycles. The number of aryl methyl sites for hydroxylation is 2. The predicted octanol–water partition coefficient (Wildman–Crippen LogP) is 6.50. The summed E-state index contributed by atoms with van der Waals surface area (Å²) in [4.78, 5) is 0. The van der Waals surface area contributed by atoms with E-state index in [9.17, 15) is 0 Å². The zero-order chi connectivity index (χ0) is 15.8. The molecule has 0 nitrogen and oxygen atoms in total. The second-order valence-electron chi connectivity index (χ2n) is 7.40. The van der Waals surface area contributed by atoms with Gasteiger partial charge < -0.3 is 0 Å². The largest absolute Gasteiger partial charge is 0.0613 e. The summed E-state index contributed by atoms with van der Waals surface area (Å²) in [7, 11) is 0. The van der Waals surface area contributed by atoms with E-state index in [0.29, 0.717) is 0 Å². The Balaban J connectivity index is 0.00000169. The first-order valence-electron chi connectivity index (χ1n) is 8.96. The fraction of sp³-hybridized carbons (Fsp3) is 0.348. The molecule has 1 fully saturated rings. The molecule has 0 amide bonds. The Hall–Kier alpha value is -0.937. The Morgan fingerprint density at radius 3 is 2.38 bits per heavy atom. The van der Waals surface area contributed by atoms with Crippen molar-refractivity contribution in [2.75, 3.05) is 0 Å². The number of allylic oxidation sites excluding steroid dienone is 1. The summed E-state index contributed by atoms with van der Waals surface area (Å²) in [6.07, 6.45) is 11.8. The van der Waals surface area contributed by atoms with Gasteiger partial charge in [0.2, 0.25) is 0 Å². The van der Waals surface area contributed by atoms with E-state index in [1.54, 1.807) is 0 Å². The zero-order valence-corrected chi connectivity index (χ0v) is 17.2. The van der Waals surface area contributed by atoms with Crippen molar-refractivity contribution in [2.24, 2.45) is 5.92 Å². The van der Waals surface area contributed by atoms with Crippen LogP contribution in [-0.2, 0) is 26.2 Å². The minimum absolute atomic E-state index is 0. The Labute approximate surface area is 165 Å². The van der Waals surface area contributed by atoms with Crippen molar-refractivity contribution >= 4 is 6.08 Å². The van der Waals surface area contributed by atoms with Crippen LogP contribution in [0.5, 0.6) is 0 Å². The molecular weight excluding hydrogens is 367 g/mol. The fourth-order valence-electron chi connectivity index (χ4n) is 4.34. The molecule has 121 valence electrons. The maximum Gasteiger partial charge on any atom is 0.0164 e. The van der Waals surface area contributed by atoms with Crippen molar-refractivity contribution in [1.29, 1.82) is 0 Å². The third-order valence-electron chi connectivity index (χ3n) is 5.34. The van der Waals surface area contributed by atoms with Crippen molar-refractivity contribution in [1.82, 2.24) is 0 Å². The summed E-state index contributed by atoms with van der Waals surface area (Å²) in [6, 6.07) is 13.6. The van der Waals surface area contributed by atoms with Crippen LogP contribution in [0.25, 0.3) is 17.2 Å². The number of fused-ring (bicyclic) bond motifs is 1. The number of hydrogen-bond donors (Lipinski definition) is 0. The van der Waals surface area contributed by atoms with E-state index in [0.717, 1.165) is 5.92 Å². The van der Waals surface area contributed by atoms with Crippen LogP contribution >= 0.6 is 0 Å². The standard InChI is InChI=1S/C23H25.Zr/c1-16-10-17(2)12-21(11-16)22-9-5-8-20-14-19(15-23(20)22)13-18-6-3-4-7-18;/h5,8-12,14-15,18H,3-4,6-7,13H2,1-2H3;. The van der Waals surface area contributed by atoms with Crippen molar-refractivity contribution in [3.05, 3.63) is 70.6 Å². The van der Waals surface area contributed by atoms with Crippen LogP contribution in [0.1, 0.15) is 54.4 Å². The number of benzene rings is 2. The van der Waals surface area contributed by atoms with Crippen molar-refractivity contribution in [3.63, 3.8) is 0 Å². The van der Waals surface area contributed by atoms with Gasteiger partial charge in [-0.2, -0.15) is 0 Å². The Morgan fingerprint density at radius 2 is 1.67 bits per heavy atom. The number of hydrogen-bond acceptors (Lipinski definition) is 0. The van der Waals surface area contributed by atoms with Gasteiger partial charge in [0.1, 0.15) is 0 Å². The normalized spacial score (nSPS) is 16.7. The molecular formula is C23H25Zr. The molecule has 2 aromatic rings. The zero-order valence-electron chi connectivity index (χ0n) is 14.7. The molecule has 0 heterocycles. The Bertz CT molecular complexity index is 743. The van der Waals surface area contributed by atoms with Gasteiger partial charge >= 0.3 is 0 Å². The Kier molecular flexibility index (Phi) is 5.60. The summed E-state index contributed by atoms with van der Waals surface area (Å²) in [5, 5.41) is 0. The van der Waals surface area contributed by atoms with Gasteiger partial charge in [0.25, 0.3) is 0 Å². The first-order chi connectivity index (χ1) is 11.2. The first kappa shape index (κ1) is 17.9. The first-order valence-corrected chi connectivity index (χ1v) is 8.96. The van der Waals surface area contributed by atoms with E-state index in [1.165, 1.54) is 71.1 Å².